The van der Waals surface area contributed by atoms with Gasteiger partial charge in [0.25, 0.3) is 0 Å². The molecule has 0 aromatic heterocycles. The van der Waals surface area contributed by atoms with E-state index in [-0.39, 0.29) is 0 Å². The summed E-state index contributed by atoms with van der Waals surface area (Å²) in [6.07, 6.45) is 22.4. The molecule has 0 bridgehead atoms. The van der Waals surface area contributed by atoms with Gasteiger partial charge in [0, 0.05) is 0 Å². The van der Waals surface area contributed by atoms with Gasteiger partial charge in [-0.25, -0.2) is 0 Å². The summed E-state index contributed by atoms with van der Waals surface area (Å²) in [5, 5.41) is 0. The van der Waals surface area contributed by atoms with Crippen LogP contribution in [0.5, 0.6) is 0 Å². The molecule has 0 aromatic rings. The first-order valence-corrected chi connectivity index (χ1v) is 7.86. The summed E-state index contributed by atoms with van der Waals surface area (Å²) in [4.78, 5) is 0. The van der Waals surface area contributed by atoms with E-state index >= 15 is 0 Å². The zero-order valence-corrected chi connectivity index (χ0v) is 12.1. The van der Waals surface area contributed by atoms with Crippen LogP contribution < -0.4 is 0 Å². The van der Waals surface area contributed by atoms with Gasteiger partial charge in [-0.1, -0.05) is 90.2 Å². The molecule has 0 rings (SSSR count). The maximum atomic E-state index is 3.88. The van der Waals surface area contributed by atoms with Gasteiger partial charge in [-0.15, -0.1) is 0 Å². The molecule has 0 nitrogen and oxygen atoms in total. The number of hydrogen-bond donors (Lipinski definition) is 0. The molecular formula is C17H33. The molecule has 101 valence electrons. The molecule has 0 heteroatoms. The second kappa shape index (κ2) is 15.7. The lowest BCUT2D eigenvalue weighted by atomic mass is 10.1. The molecule has 0 aromatic carbocycles. The van der Waals surface area contributed by atoms with Crippen LogP contribution in [-0.4, -0.2) is 0 Å². The van der Waals surface area contributed by atoms with E-state index in [1.54, 1.807) is 0 Å². The van der Waals surface area contributed by atoms with Crippen molar-refractivity contribution in [3.63, 3.8) is 0 Å². The average molecular weight is 237 g/mol. The van der Waals surface area contributed by atoms with Crippen LogP contribution in [0.25, 0.3) is 0 Å². The standard InChI is InChI=1S/C17H33/c1-3-5-7-9-11-13-15-17-16-14-12-10-8-6-4-2/h6,8H,1,3-5,7,9-17H2,2H3/b8-6-. The lowest BCUT2D eigenvalue weighted by Crippen LogP contribution is -1.81. The quantitative estimate of drug-likeness (QED) is 0.254. The Balaban J connectivity index is 2.91. The summed E-state index contributed by atoms with van der Waals surface area (Å²) in [6, 6.07) is 0. The van der Waals surface area contributed by atoms with Crippen molar-refractivity contribution in [1.29, 1.82) is 0 Å². The summed E-state index contributed by atoms with van der Waals surface area (Å²) in [5.74, 6) is 0. The summed E-state index contributed by atoms with van der Waals surface area (Å²) in [6.45, 7) is 6.08. The van der Waals surface area contributed by atoms with Gasteiger partial charge >= 0.3 is 0 Å². The molecule has 0 spiro atoms. The second-order valence-electron chi connectivity index (χ2n) is 5.06. The number of rotatable bonds is 13. The zero-order valence-electron chi connectivity index (χ0n) is 12.1. The minimum absolute atomic E-state index is 1.12. The first-order valence-electron chi connectivity index (χ1n) is 7.86. The summed E-state index contributed by atoms with van der Waals surface area (Å²) in [7, 11) is 0. The summed E-state index contributed by atoms with van der Waals surface area (Å²) in [5.41, 5.74) is 0. The van der Waals surface area contributed by atoms with E-state index in [2.05, 4.69) is 26.0 Å². The van der Waals surface area contributed by atoms with Crippen LogP contribution in [0.1, 0.15) is 90.4 Å². The molecule has 0 aliphatic carbocycles. The van der Waals surface area contributed by atoms with Gasteiger partial charge in [0.2, 0.25) is 0 Å². The van der Waals surface area contributed by atoms with Crippen LogP contribution in [0.3, 0.4) is 0 Å². The van der Waals surface area contributed by atoms with Crippen molar-refractivity contribution in [2.24, 2.45) is 0 Å². The summed E-state index contributed by atoms with van der Waals surface area (Å²) < 4.78 is 0. The molecule has 0 saturated carbocycles. The maximum absolute atomic E-state index is 3.88. The van der Waals surface area contributed by atoms with Gasteiger partial charge in [0.15, 0.2) is 0 Å². The predicted molar refractivity (Wildman–Crippen MR) is 80.2 cm³/mol. The van der Waals surface area contributed by atoms with Crippen molar-refractivity contribution in [1.82, 2.24) is 0 Å². The van der Waals surface area contributed by atoms with E-state index < -0.39 is 0 Å². The van der Waals surface area contributed by atoms with E-state index in [4.69, 9.17) is 0 Å². The predicted octanol–water partition coefficient (Wildman–Crippen LogP) is 6.47. The Morgan fingerprint density at radius 1 is 0.647 bits per heavy atom. The largest absolute Gasteiger partial charge is 0.0888 e. The van der Waals surface area contributed by atoms with Crippen LogP contribution in [0.4, 0.5) is 0 Å². The Bertz CT molecular complexity index is 146. The monoisotopic (exact) mass is 237 g/mol. The topological polar surface area (TPSA) is 0 Å². The highest BCUT2D eigenvalue weighted by atomic mass is 14.0. The van der Waals surface area contributed by atoms with Gasteiger partial charge in [0.05, 0.1) is 0 Å². The third-order valence-corrected chi connectivity index (χ3v) is 3.27. The van der Waals surface area contributed by atoms with Gasteiger partial charge in [-0.3, -0.25) is 0 Å². The Labute approximate surface area is 110 Å². The highest BCUT2D eigenvalue weighted by molar-refractivity contribution is 4.79. The van der Waals surface area contributed by atoms with Crippen LogP contribution >= 0.6 is 0 Å². The molecule has 0 amide bonds. The normalized spacial score (nSPS) is 11.4. The minimum Gasteiger partial charge on any atom is -0.0888 e. The fourth-order valence-corrected chi connectivity index (χ4v) is 2.14. The van der Waals surface area contributed by atoms with Crippen LogP contribution in [0.2, 0.25) is 0 Å². The van der Waals surface area contributed by atoms with Crippen molar-refractivity contribution in [3.05, 3.63) is 19.1 Å². The Hall–Kier alpha value is -0.260. The average Bonchev–Trinajstić information content (AvgIpc) is 2.35. The van der Waals surface area contributed by atoms with E-state index in [0.29, 0.717) is 0 Å². The van der Waals surface area contributed by atoms with Gasteiger partial charge in [-0.05, 0) is 19.3 Å². The molecular weight excluding hydrogens is 204 g/mol. The molecule has 0 fully saturated rings. The molecule has 0 unspecified atom stereocenters. The highest BCUT2D eigenvalue weighted by Gasteiger charge is 1.92. The third kappa shape index (κ3) is 15.7. The second-order valence-corrected chi connectivity index (χ2v) is 5.06. The lowest BCUT2D eigenvalue weighted by molar-refractivity contribution is 0.553. The SMILES string of the molecule is [CH2]CCCCCCCCCCCC/C=C\CC. The Morgan fingerprint density at radius 2 is 1.12 bits per heavy atom. The number of allylic oxidation sites excluding steroid dienone is 2. The fourth-order valence-electron chi connectivity index (χ4n) is 2.14. The van der Waals surface area contributed by atoms with Crippen molar-refractivity contribution >= 4 is 0 Å². The first-order chi connectivity index (χ1) is 8.41. The van der Waals surface area contributed by atoms with Gasteiger partial charge in [-0.2, -0.15) is 0 Å². The molecule has 0 heterocycles. The first kappa shape index (κ1) is 16.7. The van der Waals surface area contributed by atoms with E-state index in [1.165, 1.54) is 77.0 Å². The van der Waals surface area contributed by atoms with Crippen molar-refractivity contribution in [2.45, 2.75) is 90.4 Å². The Morgan fingerprint density at radius 3 is 1.59 bits per heavy atom. The molecule has 0 aliphatic heterocycles. The molecule has 1 radical (unpaired) electrons. The molecule has 0 saturated heterocycles. The van der Waals surface area contributed by atoms with Crippen molar-refractivity contribution in [2.75, 3.05) is 0 Å². The molecule has 0 N–H and O–H groups in total. The third-order valence-electron chi connectivity index (χ3n) is 3.27. The van der Waals surface area contributed by atoms with E-state index in [1.807, 2.05) is 0 Å². The number of hydrogen-bond acceptors (Lipinski definition) is 0. The zero-order chi connectivity index (χ0) is 12.6. The summed E-state index contributed by atoms with van der Waals surface area (Å²) >= 11 is 0. The van der Waals surface area contributed by atoms with Crippen LogP contribution in [0.15, 0.2) is 12.2 Å². The van der Waals surface area contributed by atoms with Gasteiger partial charge in [0.1, 0.15) is 0 Å². The maximum Gasteiger partial charge on any atom is -0.0351 e. The van der Waals surface area contributed by atoms with Crippen molar-refractivity contribution in [3.8, 4) is 0 Å². The molecule has 17 heavy (non-hydrogen) atoms. The van der Waals surface area contributed by atoms with Crippen LogP contribution in [-0.2, 0) is 0 Å². The fraction of sp³-hybridized carbons (Fsp3) is 0.824. The van der Waals surface area contributed by atoms with Crippen molar-refractivity contribution < 1.29 is 0 Å². The van der Waals surface area contributed by atoms with E-state index in [9.17, 15) is 0 Å². The van der Waals surface area contributed by atoms with Crippen LogP contribution in [0, 0.1) is 6.92 Å². The minimum atomic E-state index is 1.12. The lowest BCUT2D eigenvalue weighted by Gasteiger charge is -2.01. The molecule has 0 atom stereocenters. The smallest absolute Gasteiger partial charge is 0.0351 e. The number of unbranched alkanes of at least 4 members (excludes halogenated alkanes) is 11. The highest BCUT2D eigenvalue weighted by Crippen LogP contribution is 2.11. The molecule has 0 aliphatic rings. The Kier molecular flexibility index (Phi) is 15.5. The van der Waals surface area contributed by atoms with E-state index in [0.717, 1.165) is 6.42 Å². The van der Waals surface area contributed by atoms with Gasteiger partial charge < -0.3 is 0 Å².